The van der Waals surface area contributed by atoms with Crippen molar-refractivity contribution in [2.24, 2.45) is 0 Å². The summed E-state index contributed by atoms with van der Waals surface area (Å²) in [6.45, 7) is 5.13. The monoisotopic (exact) mass is 408 g/mol. The first-order chi connectivity index (χ1) is 14.3. The molecule has 0 spiro atoms. The number of unbranched alkanes of at least 4 members (excludes halogenated alkanes) is 17. The Morgan fingerprint density at radius 3 is 1.48 bits per heavy atom. The van der Waals surface area contributed by atoms with Crippen LogP contribution in [0.3, 0.4) is 0 Å². The molecule has 0 fully saturated rings. The second-order valence-electron chi connectivity index (χ2n) is 8.68. The molecule has 0 bridgehead atoms. The Morgan fingerprint density at radius 2 is 0.966 bits per heavy atom. The van der Waals surface area contributed by atoms with Crippen molar-refractivity contribution in [2.45, 2.75) is 149 Å². The largest absolute Gasteiger partial charge is 0.466 e. The lowest BCUT2D eigenvalue weighted by molar-refractivity contribution is -0.143. The minimum Gasteiger partial charge on any atom is -0.466 e. The van der Waals surface area contributed by atoms with Crippen molar-refractivity contribution in [1.82, 2.24) is 0 Å². The third-order valence-electron chi connectivity index (χ3n) is 5.65. The number of allylic oxidation sites excluding steroid dienone is 2. The third-order valence-corrected chi connectivity index (χ3v) is 5.65. The van der Waals surface area contributed by atoms with E-state index >= 15 is 0 Å². The lowest BCUT2D eigenvalue weighted by Crippen LogP contribution is -2.05. The van der Waals surface area contributed by atoms with Crippen LogP contribution in [-0.2, 0) is 9.53 Å². The Hall–Kier alpha value is -0.790. The third kappa shape index (κ3) is 25.2. The summed E-state index contributed by atoms with van der Waals surface area (Å²) in [6, 6.07) is 0. The topological polar surface area (TPSA) is 26.3 Å². The van der Waals surface area contributed by atoms with Gasteiger partial charge in [-0.3, -0.25) is 4.79 Å². The zero-order valence-corrected chi connectivity index (χ0v) is 20.0. The molecule has 0 aliphatic carbocycles. The molecule has 2 heteroatoms. The molecule has 0 N–H and O–H groups in total. The molecule has 0 unspecified atom stereocenters. The van der Waals surface area contributed by atoms with Gasteiger partial charge >= 0.3 is 5.97 Å². The molecule has 0 atom stereocenters. The van der Waals surface area contributed by atoms with Gasteiger partial charge in [0.05, 0.1) is 6.61 Å². The second-order valence-corrected chi connectivity index (χ2v) is 8.68. The molecule has 172 valence electrons. The van der Waals surface area contributed by atoms with Crippen molar-refractivity contribution in [3.8, 4) is 0 Å². The maximum atomic E-state index is 11.7. The average molecular weight is 409 g/mol. The summed E-state index contributed by atoms with van der Waals surface area (Å²) >= 11 is 0. The number of hydrogen-bond donors (Lipinski definition) is 0. The first kappa shape index (κ1) is 28.2. The van der Waals surface area contributed by atoms with Crippen LogP contribution >= 0.6 is 0 Å². The molecular weight excluding hydrogens is 356 g/mol. The van der Waals surface area contributed by atoms with Gasteiger partial charge in [-0.1, -0.05) is 116 Å². The predicted molar refractivity (Wildman–Crippen MR) is 128 cm³/mol. The Labute approximate surface area is 183 Å². The van der Waals surface area contributed by atoms with E-state index in [1.54, 1.807) is 0 Å². The van der Waals surface area contributed by atoms with E-state index in [2.05, 4.69) is 26.0 Å². The minimum atomic E-state index is 0.00763. The van der Waals surface area contributed by atoms with Gasteiger partial charge in [-0.05, 0) is 38.5 Å². The Balaban J connectivity index is 3.17. The number of carbonyl (C=O) groups excluding carboxylic acids is 1. The van der Waals surface area contributed by atoms with E-state index in [-0.39, 0.29) is 5.97 Å². The smallest absolute Gasteiger partial charge is 0.305 e. The van der Waals surface area contributed by atoms with Gasteiger partial charge in [0.15, 0.2) is 0 Å². The van der Waals surface area contributed by atoms with Crippen LogP contribution in [0.15, 0.2) is 12.2 Å². The lowest BCUT2D eigenvalue weighted by Gasteiger charge is -2.05. The summed E-state index contributed by atoms with van der Waals surface area (Å²) < 4.78 is 5.34. The van der Waals surface area contributed by atoms with Gasteiger partial charge in [-0.2, -0.15) is 0 Å². The fraction of sp³-hybridized carbons (Fsp3) is 0.889. The highest BCUT2D eigenvalue weighted by Gasteiger charge is 2.02. The summed E-state index contributed by atoms with van der Waals surface area (Å²) in [6.07, 6.45) is 31.0. The summed E-state index contributed by atoms with van der Waals surface area (Å²) in [7, 11) is 0. The minimum absolute atomic E-state index is 0.00763. The van der Waals surface area contributed by atoms with Gasteiger partial charge in [-0.25, -0.2) is 0 Å². The molecule has 0 aromatic carbocycles. The SMILES string of the molecule is CCCCCCCC/C=C\CCCCCCCCOC(=O)CCCCCCCC. The molecule has 0 radical (unpaired) electrons. The van der Waals surface area contributed by atoms with Gasteiger partial charge in [0, 0.05) is 6.42 Å². The van der Waals surface area contributed by atoms with Crippen LogP contribution in [0.5, 0.6) is 0 Å². The van der Waals surface area contributed by atoms with Crippen LogP contribution in [0.2, 0.25) is 0 Å². The summed E-state index contributed by atoms with van der Waals surface area (Å²) in [5.74, 6) is 0.00763. The van der Waals surface area contributed by atoms with Crippen molar-refractivity contribution in [2.75, 3.05) is 6.61 Å². The molecule has 0 saturated carbocycles. The van der Waals surface area contributed by atoms with E-state index in [4.69, 9.17) is 4.74 Å². The van der Waals surface area contributed by atoms with Crippen molar-refractivity contribution in [1.29, 1.82) is 0 Å². The number of carbonyl (C=O) groups is 1. The molecule has 0 aliphatic heterocycles. The van der Waals surface area contributed by atoms with Crippen molar-refractivity contribution in [3.05, 3.63) is 12.2 Å². The summed E-state index contributed by atoms with van der Waals surface area (Å²) in [4.78, 5) is 11.7. The normalized spacial score (nSPS) is 11.4. The van der Waals surface area contributed by atoms with Gasteiger partial charge in [-0.15, -0.1) is 0 Å². The Kier molecular flexibility index (Phi) is 24.6. The lowest BCUT2D eigenvalue weighted by atomic mass is 10.1. The highest BCUT2D eigenvalue weighted by Crippen LogP contribution is 2.11. The first-order valence-electron chi connectivity index (χ1n) is 13.1. The van der Waals surface area contributed by atoms with Gasteiger partial charge in [0.1, 0.15) is 0 Å². The first-order valence-corrected chi connectivity index (χ1v) is 13.1. The molecular formula is C27H52O2. The number of ether oxygens (including phenoxy) is 1. The average Bonchev–Trinajstić information content (AvgIpc) is 2.73. The van der Waals surface area contributed by atoms with E-state index in [0.717, 1.165) is 12.8 Å². The van der Waals surface area contributed by atoms with E-state index in [0.29, 0.717) is 13.0 Å². The molecule has 0 rings (SSSR count). The fourth-order valence-electron chi connectivity index (χ4n) is 3.66. The zero-order chi connectivity index (χ0) is 21.3. The maximum Gasteiger partial charge on any atom is 0.305 e. The van der Waals surface area contributed by atoms with E-state index < -0.39 is 0 Å². The number of hydrogen-bond acceptors (Lipinski definition) is 2. The number of rotatable bonds is 23. The van der Waals surface area contributed by atoms with Gasteiger partial charge in [0.25, 0.3) is 0 Å². The standard InChI is InChI=1S/C27H52O2/c1-3-5-7-9-11-12-13-14-15-16-17-18-19-20-22-24-26-29-27(28)25-23-21-10-8-6-4-2/h14-15H,3-13,16-26H2,1-2H3/b15-14-. The van der Waals surface area contributed by atoms with E-state index in [9.17, 15) is 4.79 Å². The quantitative estimate of drug-likeness (QED) is 0.0956. The van der Waals surface area contributed by atoms with Crippen LogP contribution in [-0.4, -0.2) is 12.6 Å². The molecule has 2 nitrogen and oxygen atoms in total. The van der Waals surface area contributed by atoms with Crippen LogP contribution in [0.1, 0.15) is 149 Å². The molecule has 0 saturated heterocycles. The zero-order valence-electron chi connectivity index (χ0n) is 20.0. The fourth-order valence-corrected chi connectivity index (χ4v) is 3.66. The van der Waals surface area contributed by atoms with Crippen molar-refractivity contribution >= 4 is 5.97 Å². The number of esters is 1. The molecule has 29 heavy (non-hydrogen) atoms. The van der Waals surface area contributed by atoms with Crippen molar-refractivity contribution < 1.29 is 9.53 Å². The maximum absolute atomic E-state index is 11.7. The molecule has 0 aromatic rings. The van der Waals surface area contributed by atoms with Crippen LogP contribution < -0.4 is 0 Å². The van der Waals surface area contributed by atoms with E-state index in [1.165, 1.54) is 116 Å². The molecule has 0 aliphatic rings. The van der Waals surface area contributed by atoms with Crippen LogP contribution in [0.25, 0.3) is 0 Å². The Bertz CT molecular complexity index is 348. The van der Waals surface area contributed by atoms with Crippen LogP contribution in [0.4, 0.5) is 0 Å². The summed E-state index contributed by atoms with van der Waals surface area (Å²) in [5, 5.41) is 0. The van der Waals surface area contributed by atoms with Crippen molar-refractivity contribution in [3.63, 3.8) is 0 Å². The van der Waals surface area contributed by atoms with Crippen LogP contribution in [0, 0.1) is 0 Å². The molecule has 0 amide bonds. The Morgan fingerprint density at radius 1 is 0.552 bits per heavy atom. The highest BCUT2D eigenvalue weighted by atomic mass is 16.5. The van der Waals surface area contributed by atoms with Gasteiger partial charge in [0.2, 0.25) is 0 Å². The van der Waals surface area contributed by atoms with E-state index in [1.807, 2.05) is 0 Å². The molecule has 0 aromatic heterocycles. The predicted octanol–water partition coefficient (Wildman–Crippen LogP) is 9.32. The van der Waals surface area contributed by atoms with Gasteiger partial charge < -0.3 is 4.74 Å². The molecule has 0 heterocycles. The second kappa shape index (κ2) is 25.2. The highest BCUT2D eigenvalue weighted by molar-refractivity contribution is 5.69. The summed E-state index contributed by atoms with van der Waals surface area (Å²) in [5.41, 5.74) is 0.